The molecule has 0 fully saturated rings. The van der Waals surface area contributed by atoms with Gasteiger partial charge in [-0.05, 0) is 54.1 Å². The van der Waals surface area contributed by atoms with Gasteiger partial charge in [0.15, 0.2) is 0 Å². The fourth-order valence-electron chi connectivity index (χ4n) is 2.34. The van der Waals surface area contributed by atoms with Crippen LogP contribution in [0.4, 0.5) is 0 Å². The van der Waals surface area contributed by atoms with Gasteiger partial charge in [0.25, 0.3) is 0 Å². The second kappa shape index (κ2) is 7.22. The van der Waals surface area contributed by atoms with Crippen molar-refractivity contribution in [3.8, 4) is 0 Å². The Labute approximate surface area is 140 Å². The molecule has 0 radical (unpaired) electrons. The molecule has 1 aromatic heterocycles. The summed E-state index contributed by atoms with van der Waals surface area (Å²) in [5, 5.41) is 0. The van der Waals surface area contributed by atoms with Crippen LogP contribution < -0.4 is 0 Å². The minimum Gasteiger partial charge on any atom is -0.325 e. The zero-order valence-electron chi connectivity index (χ0n) is 11.6. The second-order valence-corrected chi connectivity index (χ2v) is 8.06. The molecule has 1 heterocycles. The van der Waals surface area contributed by atoms with E-state index in [0.717, 1.165) is 29.7 Å². The van der Waals surface area contributed by atoms with Gasteiger partial charge in [-0.15, -0.1) is 11.6 Å². The average Bonchev–Trinajstić information content (AvgIpc) is 2.73. The van der Waals surface area contributed by atoms with Crippen molar-refractivity contribution in [1.29, 1.82) is 0 Å². The first-order chi connectivity index (χ1) is 9.52. The Morgan fingerprint density at radius 1 is 1.50 bits per heavy atom. The number of rotatable bonds is 6. The quantitative estimate of drug-likeness (QED) is 0.523. The van der Waals surface area contributed by atoms with E-state index in [1.165, 1.54) is 3.57 Å². The molecular formula is C14H18ClIN2OS. The van der Waals surface area contributed by atoms with E-state index in [-0.39, 0.29) is 6.04 Å². The highest BCUT2D eigenvalue weighted by molar-refractivity contribution is 14.1. The summed E-state index contributed by atoms with van der Waals surface area (Å²) >= 11 is 8.19. The van der Waals surface area contributed by atoms with Crippen molar-refractivity contribution >= 4 is 56.0 Å². The summed E-state index contributed by atoms with van der Waals surface area (Å²) in [7, 11) is -0.757. The number of nitrogens with zero attached hydrogens (tertiary/aromatic N) is 2. The summed E-state index contributed by atoms with van der Waals surface area (Å²) in [6.07, 6.45) is 3.39. The molecule has 0 saturated carbocycles. The molecule has 2 unspecified atom stereocenters. The van der Waals surface area contributed by atoms with Crippen LogP contribution in [-0.4, -0.2) is 31.6 Å². The molecule has 0 bridgehead atoms. The lowest BCUT2D eigenvalue weighted by molar-refractivity contribution is 0.525. The first-order valence-electron chi connectivity index (χ1n) is 6.55. The van der Waals surface area contributed by atoms with E-state index in [9.17, 15) is 4.21 Å². The molecule has 0 spiro atoms. The lowest BCUT2D eigenvalue weighted by Crippen LogP contribution is -2.12. The molecule has 2 aromatic rings. The minimum absolute atomic E-state index is 0.280. The molecule has 0 saturated heterocycles. The van der Waals surface area contributed by atoms with Gasteiger partial charge in [0.1, 0.15) is 5.82 Å². The minimum atomic E-state index is -0.757. The third-order valence-electron chi connectivity index (χ3n) is 3.31. The molecule has 0 amide bonds. The number of benzene rings is 1. The first kappa shape index (κ1) is 16.2. The maximum atomic E-state index is 11.3. The predicted octanol–water partition coefficient (Wildman–Crippen LogP) is 3.75. The van der Waals surface area contributed by atoms with Crippen molar-refractivity contribution in [3.05, 3.63) is 27.6 Å². The highest BCUT2D eigenvalue weighted by atomic mass is 127. The standard InChI is InChI=1S/C14H18ClIN2OS/c1-10(6-8-20(2)19)18-13-4-3-11(16)9-12(13)17-14(18)5-7-15/h3-4,9-10H,5-8H2,1-2H3. The van der Waals surface area contributed by atoms with Gasteiger partial charge >= 0.3 is 0 Å². The maximum Gasteiger partial charge on any atom is 0.111 e. The van der Waals surface area contributed by atoms with E-state index in [1.807, 2.05) is 0 Å². The number of aryl methyl sites for hydroxylation is 1. The van der Waals surface area contributed by atoms with Gasteiger partial charge in [-0.3, -0.25) is 4.21 Å². The van der Waals surface area contributed by atoms with Crippen molar-refractivity contribution < 1.29 is 4.21 Å². The maximum absolute atomic E-state index is 11.3. The Kier molecular flexibility index (Phi) is 5.86. The third kappa shape index (κ3) is 3.74. The van der Waals surface area contributed by atoms with Gasteiger partial charge in [0.05, 0.1) is 11.0 Å². The zero-order chi connectivity index (χ0) is 14.7. The summed E-state index contributed by atoms with van der Waals surface area (Å²) < 4.78 is 14.7. The number of halogens is 2. The summed E-state index contributed by atoms with van der Waals surface area (Å²) in [5.41, 5.74) is 2.15. The summed E-state index contributed by atoms with van der Waals surface area (Å²) in [6, 6.07) is 6.58. The van der Waals surface area contributed by atoms with Crippen LogP contribution in [-0.2, 0) is 17.2 Å². The highest BCUT2D eigenvalue weighted by Gasteiger charge is 2.16. The van der Waals surface area contributed by atoms with Gasteiger partial charge in [0, 0.05) is 44.7 Å². The summed E-state index contributed by atoms with van der Waals surface area (Å²) in [6.45, 7) is 2.16. The number of hydrogen-bond donors (Lipinski definition) is 0. The van der Waals surface area contributed by atoms with E-state index in [4.69, 9.17) is 16.6 Å². The van der Waals surface area contributed by atoms with E-state index in [2.05, 4.69) is 52.3 Å². The molecule has 0 aliphatic carbocycles. The van der Waals surface area contributed by atoms with E-state index < -0.39 is 10.8 Å². The van der Waals surface area contributed by atoms with Crippen molar-refractivity contribution in [2.24, 2.45) is 0 Å². The van der Waals surface area contributed by atoms with Crippen LogP contribution in [0.3, 0.4) is 0 Å². The fraction of sp³-hybridized carbons (Fsp3) is 0.500. The number of aromatic nitrogens is 2. The molecule has 1 aromatic carbocycles. The largest absolute Gasteiger partial charge is 0.325 e. The molecule has 0 N–H and O–H groups in total. The summed E-state index contributed by atoms with van der Waals surface area (Å²) in [4.78, 5) is 4.71. The lowest BCUT2D eigenvalue weighted by atomic mass is 10.2. The zero-order valence-corrected chi connectivity index (χ0v) is 15.3. The van der Waals surface area contributed by atoms with Crippen LogP contribution in [0.2, 0.25) is 0 Å². The molecule has 0 aliphatic heterocycles. The van der Waals surface area contributed by atoms with Crippen LogP contribution in [0.25, 0.3) is 11.0 Å². The molecule has 2 atom stereocenters. The van der Waals surface area contributed by atoms with Crippen molar-refractivity contribution in [1.82, 2.24) is 9.55 Å². The molecule has 110 valence electrons. The predicted molar refractivity (Wildman–Crippen MR) is 95.1 cm³/mol. The van der Waals surface area contributed by atoms with E-state index >= 15 is 0 Å². The first-order valence-corrected chi connectivity index (χ1v) is 9.89. The van der Waals surface area contributed by atoms with Crippen LogP contribution in [0.15, 0.2) is 18.2 Å². The number of hydrogen-bond acceptors (Lipinski definition) is 2. The van der Waals surface area contributed by atoms with Gasteiger partial charge in [0.2, 0.25) is 0 Å². The topological polar surface area (TPSA) is 34.9 Å². The number of alkyl halides is 1. The van der Waals surface area contributed by atoms with Gasteiger partial charge in [-0.1, -0.05) is 0 Å². The van der Waals surface area contributed by atoms with Crippen LogP contribution in [0.1, 0.15) is 25.2 Å². The van der Waals surface area contributed by atoms with Crippen LogP contribution >= 0.6 is 34.2 Å². The van der Waals surface area contributed by atoms with Gasteiger partial charge in [-0.2, -0.15) is 0 Å². The monoisotopic (exact) mass is 424 g/mol. The van der Waals surface area contributed by atoms with Crippen molar-refractivity contribution in [2.45, 2.75) is 25.8 Å². The second-order valence-electron chi connectivity index (χ2n) is 4.89. The molecule has 20 heavy (non-hydrogen) atoms. The van der Waals surface area contributed by atoms with E-state index in [0.29, 0.717) is 11.6 Å². The molecule has 6 heteroatoms. The van der Waals surface area contributed by atoms with Crippen LogP contribution in [0.5, 0.6) is 0 Å². The highest BCUT2D eigenvalue weighted by Crippen LogP contribution is 2.25. The Bertz CT molecular complexity index is 629. The lowest BCUT2D eigenvalue weighted by Gasteiger charge is -2.17. The number of fused-ring (bicyclic) bond motifs is 1. The Hall–Kier alpha value is -0.140. The normalized spacial score (nSPS) is 14.6. The summed E-state index contributed by atoms with van der Waals surface area (Å²) in [5.74, 6) is 2.30. The number of imidazole rings is 1. The van der Waals surface area contributed by atoms with Crippen molar-refractivity contribution in [2.75, 3.05) is 17.9 Å². The Morgan fingerprint density at radius 2 is 2.25 bits per heavy atom. The van der Waals surface area contributed by atoms with Crippen LogP contribution in [0, 0.1) is 3.57 Å². The molecule has 0 aliphatic rings. The average molecular weight is 425 g/mol. The molecular weight excluding hydrogens is 407 g/mol. The third-order valence-corrected chi connectivity index (χ3v) is 4.98. The molecule has 3 nitrogen and oxygen atoms in total. The molecule has 2 rings (SSSR count). The van der Waals surface area contributed by atoms with Gasteiger partial charge < -0.3 is 4.57 Å². The fourth-order valence-corrected chi connectivity index (χ4v) is 3.66. The Balaban J connectivity index is 2.42. The van der Waals surface area contributed by atoms with Gasteiger partial charge in [-0.25, -0.2) is 4.98 Å². The Morgan fingerprint density at radius 3 is 2.90 bits per heavy atom. The smallest absolute Gasteiger partial charge is 0.111 e. The SMILES string of the molecule is CC(CCS(C)=O)n1c(CCCl)nc2cc(I)ccc21. The van der Waals surface area contributed by atoms with Crippen molar-refractivity contribution in [3.63, 3.8) is 0 Å². The van der Waals surface area contributed by atoms with E-state index in [1.54, 1.807) is 6.26 Å².